The average molecular weight is 276 g/mol. The molecule has 1 atom stereocenters. The van der Waals surface area contributed by atoms with Gasteiger partial charge in [0.25, 0.3) is 0 Å². The second-order valence-corrected chi connectivity index (χ2v) is 5.39. The maximum absolute atomic E-state index is 6.34. The molecule has 1 aliphatic heterocycles. The molecule has 3 N–H and O–H groups in total. The third kappa shape index (κ3) is 2.14. The number of nitrogens with one attached hydrogen (secondary N) is 1. The molecular formula is C17H16N4. The highest BCUT2D eigenvalue weighted by Crippen LogP contribution is 2.20. The molecule has 4 heteroatoms. The van der Waals surface area contributed by atoms with Gasteiger partial charge in [-0.25, -0.2) is 4.98 Å². The lowest BCUT2D eigenvalue weighted by Crippen LogP contribution is -2.23. The Morgan fingerprint density at radius 1 is 1.10 bits per heavy atom. The van der Waals surface area contributed by atoms with Gasteiger partial charge >= 0.3 is 0 Å². The zero-order valence-electron chi connectivity index (χ0n) is 11.6. The minimum absolute atomic E-state index is 0.131. The van der Waals surface area contributed by atoms with Crippen LogP contribution in [0.3, 0.4) is 0 Å². The summed E-state index contributed by atoms with van der Waals surface area (Å²) in [6.45, 7) is 0.743. The fourth-order valence-electron chi connectivity index (χ4n) is 2.86. The summed E-state index contributed by atoms with van der Waals surface area (Å²) in [6.07, 6.45) is 0.778. The molecule has 4 nitrogen and oxygen atoms in total. The minimum atomic E-state index is -0.131. The molecule has 4 rings (SSSR count). The van der Waals surface area contributed by atoms with Crippen LogP contribution in [0.25, 0.3) is 16.6 Å². The molecule has 21 heavy (non-hydrogen) atoms. The summed E-state index contributed by atoms with van der Waals surface area (Å²) in [5.74, 6) is 0.841. The van der Waals surface area contributed by atoms with Crippen molar-refractivity contribution in [2.24, 2.45) is 10.7 Å². The van der Waals surface area contributed by atoms with E-state index in [1.54, 1.807) is 0 Å². The Morgan fingerprint density at radius 3 is 2.81 bits per heavy atom. The van der Waals surface area contributed by atoms with E-state index < -0.39 is 0 Å². The molecule has 0 spiro atoms. The highest BCUT2D eigenvalue weighted by atomic mass is 15.0. The van der Waals surface area contributed by atoms with E-state index >= 15 is 0 Å². The summed E-state index contributed by atoms with van der Waals surface area (Å²) in [5.41, 5.74) is 9.62. The topological polar surface area (TPSA) is 67.1 Å². The van der Waals surface area contributed by atoms with Gasteiger partial charge in [-0.05, 0) is 30.2 Å². The van der Waals surface area contributed by atoms with Crippen LogP contribution in [-0.2, 0) is 0 Å². The van der Waals surface area contributed by atoms with E-state index in [0.717, 1.165) is 35.2 Å². The van der Waals surface area contributed by atoms with E-state index in [1.165, 1.54) is 10.8 Å². The predicted molar refractivity (Wildman–Crippen MR) is 83.1 cm³/mol. The van der Waals surface area contributed by atoms with Crippen LogP contribution in [0.5, 0.6) is 0 Å². The van der Waals surface area contributed by atoms with E-state index in [4.69, 9.17) is 5.73 Å². The molecular weight excluding hydrogens is 260 g/mol. The Hall–Kier alpha value is -2.46. The van der Waals surface area contributed by atoms with Crippen molar-refractivity contribution in [3.8, 4) is 0 Å². The standard InChI is InChI=1S/C17H16N4/c18-13(17-20-15-7-3-4-8-16(15)21-17)9-11-10-19-14-6-2-1-5-12(11)14/h1-8,13H,9-10,18H2,(H,20,21)/t13-/m0/s1. The first-order valence-electron chi connectivity index (χ1n) is 7.13. The number of H-pyrrole nitrogens is 1. The number of imidazole rings is 1. The van der Waals surface area contributed by atoms with Crippen molar-refractivity contribution in [2.75, 3.05) is 6.54 Å². The molecule has 0 bridgehead atoms. The second kappa shape index (κ2) is 4.82. The molecule has 0 amide bonds. The summed E-state index contributed by atoms with van der Waals surface area (Å²) in [4.78, 5) is 12.4. The lowest BCUT2D eigenvalue weighted by atomic mass is 10.0. The molecule has 2 aromatic carbocycles. The van der Waals surface area contributed by atoms with Crippen molar-refractivity contribution >= 4 is 16.6 Å². The smallest absolute Gasteiger partial charge is 0.124 e. The average Bonchev–Trinajstić information content (AvgIpc) is 3.11. The van der Waals surface area contributed by atoms with Gasteiger partial charge in [-0.15, -0.1) is 0 Å². The Kier molecular flexibility index (Phi) is 2.82. The molecule has 0 aliphatic carbocycles. The Bertz CT molecular complexity index is 890. The highest BCUT2D eigenvalue weighted by Gasteiger charge is 2.15. The van der Waals surface area contributed by atoms with Crippen LogP contribution in [0.4, 0.5) is 0 Å². The first-order valence-corrected chi connectivity index (χ1v) is 7.13. The van der Waals surface area contributed by atoms with Crippen LogP contribution in [0, 0.1) is 0 Å². The first kappa shape index (κ1) is 12.3. The number of rotatable bonds is 3. The summed E-state index contributed by atoms with van der Waals surface area (Å²) >= 11 is 0. The Labute approximate surface area is 122 Å². The van der Waals surface area contributed by atoms with Crippen LogP contribution >= 0.6 is 0 Å². The molecule has 0 saturated heterocycles. The van der Waals surface area contributed by atoms with Gasteiger partial charge in [0.15, 0.2) is 0 Å². The quantitative estimate of drug-likeness (QED) is 0.760. The summed E-state index contributed by atoms with van der Waals surface area (Å²) in [7, 11) is 0. The van der Waals surface area contributed by atoms with Crippen molar-refractivity contribution in [3.63, 3.8) is 0 Å². The lowest BCUT2D eigenvalue weighted by Gasteiger charge is -2.09. The maximum Gasteiger partial charge on any atom is 0.124 e. The molecule has 104 valence electrons. The minimum Gasteiger partial charge on any atom is -0.341 e. The predicted octanol–water partition coefficient (Wildman–Crippen LogP) is 1.44. The zero-order chi connectivity index (χ0) is 14.2. The van der Waals surface area contributed by atoms with Gasteiger partial charge in [0, 0.05) is 5.22 Å². The molecule has 1 aliphatic rings. The SMILES string of the molecule is N[C@@H](CC1=c2ccccc2=NC1)c1nc2ccccc2[nH]1. The number of aromatic nitrogens is 2. The van der Waals surface area contributed by atoms with Crippen molar-refractivity contribution in [1.29, 1.82) is 0 Å². The molecule has 0 unspecified atom stereocenters. The fourth-order valence-corrected chi connectivity index (χ4v) is 2.86. The molecule has 2 heterocycles. The Balaban J connectivity index is 1.68. The third-order valence-corrected chi connectivity index (χ3v) is 3.95. The fraction of sp³-hybridized carbons (Fsp3) is 0.176. The number of nitrogens with zero attached hydrogens (tertiary/aromatic N) is 2. The van der Waals surface area contributed by atoms with E-state index in [-0.39, 0.29) is 6.04 Å². The van der Waals surface area contributed by atoms with E-state index in [2.05, 4.69) is 27.1 Å². The first-order chi connectivity index (χ1) is 10.3. The molecule has 0 saturated carbocycles. The van der Waals surface area contributed by atoms with Crippen molar-refractivity contribution in [2.45, 2.75) is 12.5 Å². The normalized spacial score (nSPS) is 15.0. The summed E-state index contributed by atoms with van der Waals surface area (Å²) in [5, 5.41) is 2.30. The number of fused-ring (bicyclic) bond motifs is 2. The molecule has 3 aromatic rings. The van der Waals surface area contributed by atoms with Gasteiger partial charge < -0.3 is 10.7 Å². The van der Waals surface area contributed by atoms with E-state index in [1.807, 2.05) is 36.4 Å². The summed E-state index contributed by atoms with van der Waals surface area (Å²) < 4.78 is 0. The van der Waals surface area contributed by atoms with Crippen LogP contribution in [0.2, 0.25) is 0 Å². The second-order valence-electron chi connectivity index (χ2n) is 5.39. The Morgan fingerprint density at radius 2 is 1.90 bits per heavy atom. The van der Waals surface area contributed by atoms with E-state index in [0.29, 0.717) is 0 Å². The number of hydrogen-bond donors (Lipinski definition) is 2. The number of nitrogens with two attached hydrogens (primary N) is 1. The number of para-hydroxylation sites is 3. The van der Waals surface area contributed by atoms with Gasteiger partial charge in [-0.3, -0.25) is 4.99 Å². The monoisotopic (exact) mass is 276 g/mol. The largest absolute Gasteiger partial charge is 0.341 e. The van der Waals surface area contributed by atoms with Crippen LogP contribution in [-0.4, -0.2) is 16.5 Å². The lowest BCUT2D eigenvalue weighted by molar-refractivity contribution is 0.698. The van der Waals surface area contributed by atoms with Crippen molar-refractivity contribution < 1.29 is 0 Å². The van der Waals surface area contributed by atoms with Gasteiger partial charge in [-0.2, -0.15) is 0 Å². The van der Waals surface area contributed by atoms with Gasteiger partial charge in [0.2, 0.25) is 0 Å². The van der Waals surface area contributed by atoms with Gasteiger partial charge in [-0.1, -0.05) is 30.3 Å². The summed E-state index contributed by atoms with van der Waals surface area (Å²) in [6, 6.07) is 16.1. The highest BCUT2D eigenvalue weighted by molar-refractivity contribution is 5.74. The van der Waals surface area contributed by atoms with Gasteiger partial charge in [0.05, 0.1) is 29.0 Å². The molecule has 0 radical (unpaired) electrons. The number of benzene rings is 2. The number of hydrogen-bond acceptors (Lipinski definition) is 3. The van der Waals surface area contributed by atoms with Crippen LogP contribution in [0.15, 0.2) is 53.5 Å². The van der Waals surface area contributed by atoms with Crippen LogP contribution < -0.4 is 16.3 Å². The third-order valence-electron chi connectivity index (χ3n) is 3.95. The van der Waals surface area contributed by atoms with Gasteiger partial charge in [0.1, 0.15) is 5.82 Å². The maximum atomic E-state index is 6.34. The molecule has 0 fully saturated rings. The number of aromatic amines is 1. The van der Waals surface area contributed by atoms with Crippen molar-refractivity contribution in [1.82, 2.24) is 9.97 Å². The zero-order valence-corrected chi connectivity index (χ0v) is 11.6. The molecule has 1 aromatic heterocycles. The van der Waals surface area contributed by atoms with E-state index in [9.17, 15) is 0 Å². The van der Waals surface area contributed by atoms with Crippen molar-refractivity contribution in [3.05, 3.63) is 64.9 Å². The van der Waals surface area contributed by atoms with Crippen LogP contribution in [0.1, 0.15) is 18.3 Å².